The van der Waals surface area contributed by atoms with Gasteiger partial charge >= 0.3 is 0 Å². The summed E-state index contributed by atoms with van der Waals surface area (Å²) in [5, 5.41) is 7.09. The summed E-state index contributed by atoms with van der Waals surface area (Å²) in [5.74, 6) is 0.333. The number of carbonyl (C=O) groups is 2. The van der Waals surface area contributed by atoms with E-state index in [9.17, 15) is 9.59 Å². The Bertz CT molecular complexity index is 442. The van der Waals surface area contributed by atoms with Crippen LogP contribution in [0.1, 0.15) is 19.2 Å². The monoisotopic (exact) mass is 237 g/mol. The average Bonchev–Trinajstić information content (AvgIpc) is 2.81. The number of likely N-dealkylation sites (N-methyl/N-ethyl adjacent to an activating group) is 1. The van der Waals surface area contributed by atoms with Gasteiger partial charge in [-0.2, -0.15) is 5.10 Å². The smallest absolute Gasteiger partial charge is 0.246 e. The fraction of sp³-hybridized carbons (Fsp3) is 0.600. The highest BCUT2D eigenvalue weighted by atomic mass is 16.2. The number of nitrogens with zero attached hydrogens (tertiary/aromatic N) is 4. The lowest BCUT2D eigenvalue weighted by Crippen LogP contribution is -2.38. The van der Waals surface area contributed by atoms with E-state index in [0.29, 0.717) is 18.9 Å². The van der Waals surface area contributed by atoms with Crippen molar-refractivity contribution in [2.24, 2.45) is 7.05 Å². The van der Waals surface area contributed by atoms with Crippen molar-refractivity contribution in [1.29, 1.82) is 0 Å². The van der Waals surface area contributed by atoms with Gasteiger partial charge in [0.15, 0.2) is 5.82 Å². The number of aromatic nitrogens is 3. The minimum atomic E-state index is -0.439. The first-order chi connectivity index (χ1) is 8.11. The van der Waals surface area contributed by atoms with E-state index in [2.05, 4.69) is 15.4 Å². The molecule has 1 aromatic heterocycles. The number of nitrogens with one attached hydrogen (secondary N) is 1. The van der Waals surface area contributed by atoms with Gasteiger partial charge in [-0.3, -0.25) is 24.5 Å². The Morgan fingerprint density at radius 2 is 2.29 bits per heavy atom. The van der Waals surface area contributed by atoms with E-state index in [1.807, 2.05) is 0 Å². The maximum Gasteiger partial charge on any atom is 0.246 e. The van der Waals surface area contributed by atoms with Gasteiger partial charge in [0.2, 0.25) is 11.8 Å². The Kier molecular flexibility index (Phi) is 3.19. The Morgan fingerprint density at radius 3 is 2.82 bits per heavy atom. The molecular weight excluding hydrogens is 222 g/mol. The summed E-state index contributed by atoms with van der Waals surface area (Å²) < 4.78 is 1.59. The predicted octanol–water partition coefficient (Wildman–Crippen LogP) is -0.948. The largest absolute Gasteiger partial charge is 0.298 e. The van der Waals surface area contributed by atoms with Crippen molar-refractivity contribution in [3.05, 3.63) is 12.2 Å². The summed E-state index contributed by atoms with van der Waals surface area (Å²) in [6.45, 7) is 2.61. The van der Waals surface area contributed by atoms with Crippen molar-refractivity contribution < 1.29 is 9.59 Å². The van der Waals surface area contributed by atoms with E-state index in [-0.39, 0.29) is 18.2 Å². The predicted molar refractivity (Wildman–Crippen MR) is 58.6 cm³/mol. The number of hydrogen-bond acceptors (Lipinski definition) is 5. The van der Waals surface area contributed by atoms with Crippen LogP contribution in [0.15, 0.2) is 6.33 Å². The molecule has 1 aromatic rings. The lowest BCUT2D eigenvalue weighted by molar-refractivity contribution is -0.138. The molecule has 0 spiro atoms. The molecule has 2 rings (SSSR count). The second-order valence-corrected chi connectivity index (χ2v) is 3.95. The quantitative estimate of drug-likeness (QED) is 0.683. The molecule has 1 aliphatic rings. The Balaban J connectivity index is 1.92. The van der Waals surface area contributed by atoms with Gasteiger partial charge in [-0.25, -0.2) is 4.98 Å². The van der Waals surface area contributed by atoms with E-state index in [4.69, 9.17) is 0 Å². The maximum atomic E-state index is 11.8. The first-order valence-electron chi connectivity index (χ1n) is 5.54. The fourth-order valence-corrected chi connectivity index (χ4v) is 1.85. The fourth-order valence-electron chi connectivity index (χ4n) is 1.85. The van der Waals surface area contributed by atoms with Crippen LogP contribution in [0, 0.1) is 0 Å². The van der Waals surface area contributed by atoms with Crippen molar-refractivity contribution in [2.45, 2.75) is 25.9 Å². The van der Waals surface area contributed by atoms with Crippen LogP contribution in [0.25, 0.3) is 0 Å². The zero-order valence-corrected chi connectivity index (χ0v) is 9.88. The van der Waals surface area contributed by atoms with Gasteiger partial charge in [-0.05, 0) is 6.92 Å². The van der Waals surface area contributed by atoms with Crippen LogP contribution in [0.2, 0.25) is 0 Å². The second kappa shape index (κ2) is 4.62. The Morgan fingerprint density at radius 1 is 1.53 bits per heavy atom. The van der Waals surface area contributed by atoms with Gasteiger partial charge in [0.1, 0.15) is 6.33 Å². The van der Waals surface area contributed by atoms with E-state index in [0.717, 1.165) is 0 Å². The van der Waals surface area contributed by atoms with Crippen LogP contribution in [0.5, 0.6) is 0 Å². The highest BCUT2D eigenvalue weighted by Gasteiger charge is 2.37. The summed E-state index contributed by atoms with van der Waals surface area (Å²) in [6.07, 6.45) is 1.82. The van der Waals surface area contributed by atoms with Crippen molar-refractivity contribution in [2.75, 3.05) is 6.54 Å². The highest BCUT2D eigenvalue weighted by molar-refractivity contribution is 6.05. The molecule has 2 amide bonds. The highest BCUT2D eigenvalue weighted by Crippen LogP contribution is 2.12. The van der Waals surface area contributed by atoms with E-state index in [1.54, 1.807) is 25.0 Å². The van der Waals surface area contributed by atoms with Gasteiger partial charge in [0, 0.05) is 13.6 Å². The van der Waals surface area contributed by atoms with E-state index >= 15 is 0 Å². The minimum Gasteiger partial charge on any atom is -0.298 e. The zero-order valence-electron chi connectivity index (χ0n) is 9.88. The molecule has 0 bridgehead atoms. The summed E-state index contributed by atoms with van der Waals surface area (Å²) in [5.41, 5.74) is 0. The third-order valence-electron chi connectivity index (χ3n) is 2.71. The maximum absolute atomic E-state index is 11.8. The van der Waals surface area contributed by atoms with Crippen LogP contribution in [0.4, 0.5) is 0 Å². The molecule has 7 nitrogen and oxygen atoms in total. The number of amides is 2. The van der Waals surface area contributed by atoms with E-state index < -0.39 is 6.04 Å². The number of hydrogen-bond donors (Lipinski definition) is 1. The van der Waals surface area contributed by atoms with E-state index in [1.165, 1.54) is 4.90 Å². The summed E-state index contributed by atoms with van der Waals surface area (Å²) >= 11 is 0. The van der Waals surface area contributed by atoms with Gasteiger partial charge in [0.05, 0.1) is 19.0 Å². The molecule has 92 valence electrons. The Labute approximate surface area is 98.8 Å². The van der Waals surface area contributed by atoms with Crippen LogP contribution >= 0.6 is 0 Å². The molecule has 7 heteroatoms. The van der Waals surface area contributed by atoms with Crippen molar-refractivity contribution in [3.63, 3.8) is 0 Å². The molecule has 1 aliphatic heterocycles. The van der Waals surface area contributed by atoms with Crippen LogP contribution in [-0.2, 0) is 23.2 Å². The third-order valence-corrected chi connectivity index (χ3v) is 2.71. The zero-order chi connectivity index (χ0) is 12.4. The normalized spacial score (nSPS) is 20.4. The molecular formula is C10H15N5O2. The lowest BCUT2D eigenvalue weighted by atomic mass is 10.2. The molecule has 0 aromatic carbocycles. The minimum absolute atomic E-state index is 0.121. The molecule has 1 unspecified atom stereocenters. The molecule has 1 atom stereocenters. The molecule has 1 saturated heterocycles. The first-order valence-corrected chi connectivity index (χ1v) is 5.54. The number of likely N-dealkylation sites (tertiary alicyclic amines) is 1. The van der Waals surface area contributed by atoms with Crippen LogP contribution < -0.4 is 5.32 Å². The summed E-state index contributed by atoms with van der Waals surface area (Å²) in [6, 6.07) is -0.439. The van der Waals surface area contributed by atoms with Gasteiger partial charge < -0.3 is 0 Å². The Hall–Kier alpha value is -1.76. The van der Waals surface area contributed by atoms with Crippen LogP contribution in [0.3, 0.4) is 0 Å². The second-order valence-electron chi connectivity index (χ2n) is 3.95. The number of rotatable bonds is 4. The molecule has 1 fully saturated rings. The topological polar surface area (TPSA) is 80.1 Å². The average molecular weight is 237 g/mol. The van der Waals surface area contributed by atoms with Gasteiger partial charge in [-0.1, -0.05) is 0 Å². The number of imide groups is 1. The SMILES string of the molecule is CCN1C(=O)CC(NCc2ncn(C)n2)C1=O. The van der Waals surface area contributed by atoms with Crippen molar-refractivity contribution in [3.8, 4) is 0 Å². The van der Waals surface area contributed by atoms with Crippen LogP contribution in [-0.4, -0.2) is 44.1 Å². The van der Waals surface area contributed by atoms with Gasteiger partial charge in [-0.15, -0.1) is 0 Å². The number of carbonyl (C=O) groups excluding carboxylic acids is 2. The molecule has 0 aliphatic carbocycles. The first kappa shape index (κ1) is 11.7. The molecule has 17 heavy (non-hydrogen) atoms. The molecule has 0 saturated carbocycles. The lowest BCUT2D eigenvalue weighted by Gasteiger charge is -2.12. The van der Waals surface area contributed by atoms with Crippen molar-refractivity contribution in [1.82, 2.24) is 25.0 Å². The molecule has 1 N–H and O–H groups in total. The summed E-state index contributed by atoms with van der Waals surface area (Å²) in [4.78, 5) is 28.5. The van der Waals surface area contributed by atoms with Gasteiger partial charge in [0.25, 0.3) is 0 Å². The standard InChI is InChI=1S/C10H15N5O2/c1-3-15-9(16)4-7(10(15)17)11-5-8-12-6-14(2)13-8/h6-7,11H,3-5H2,1-2H3. The molecule has 2 heterocycles. The summed E-state index contributed by atoms with van der Waals surface area (Å²) in [7, 11) is 1.78. The van der Waals surface area contributed by atoms with Crippen molar-refractivity contribution >= 4 is 11.8 Å². The molecule has 0 radical (unpaired) electrons. The third kappa shape index (κ3) is 2.33. The number of aryl methyl sites for hydroxylation is 1.